The third-order valence-corrected chi connectivity index (χ3v) is 5.93. The molecule has 6 nitrogen and oxygen atoms in total. The number of hydrogen-bond acceptors (Lipinski definition) is 6. The molecule has 1 aliphatic carbocycles. The van der Waals surface area contributed by atoms with Gasteiger partial charge < -0.3 is 0 Å². The molecule has 0 aromatic carbocycles. The van der Waals surface area contributed by atoms with E-state index in [1.165, 1.54) is 32.1 Å². The summed E-state index contributed by atoms with van der Waals surface area (Å²) in [7, 11) is 0. The minimum atomic E-state index is 0.177. The van der Waals surface area contributed by atoms with E-state index in [4.69, 9.17) is 0 Å². The summed E-state index contributed by atoms with van der Waals surface area (Å²) in [5, 5.41) is 17.2. The predicted molar refractivity (Wildman–Crippen MR) is 98.7 cm³/mol. The maximum absolute atomic E-state index is 3.80. The zero-order valence-corrected chi connectivity index (χ0v) is 15.8. The highest BCUT2D eigenvalue weighted by atomic mass is 15.7. The van der Waals surface area contributed by atoms with Crippen LogP contribution in [0.4, 0.5) is 0 Å². The summed E-state index contributed by atoms with van der Waals surface area (Å²) in [6, 6.07) is 0. The van der Waals surface area contributed by atoms with Crippen molar-refractivity contribution < 1.29 is 0 Å². The minimum Gasteiger partial charge on any atom is -0.290 e. The molecule has 2 aliphatic heterocycles. The first kappa shape index (κ1) is 18.5. The Hall–Kier alpha value is -0.240. The molecule has 3 rings (SSSR count). The van der Waals surface area contributed by atoms with Gasteiger partial charge in [0.25, 0.3) is 0 Å². The monoisotopic (exact) mass is 338 g/mol. The van der Waals surface area contributed by atoms with Crippen LogP contribution in [0.2, 0.25) is 0 Å². The number of nitrogens with one attached hydrogen (secondary N) is 5. The normalized spacial score (nSPS) is 35.5. The second-order valence-corrected chi connectivity index (χ2v) is 8.16. The lowest BCUT2D eigenvalue weighted by Crippen LogP contribution is -2.76. The standard InChI is InChI=1S/C18H38N6/c1-4-10-19-17-22-16-15(13(2)3)12-21-24(16)18(23-17)20-11-14-8-6-5-7-9-14/h13-23H,4-12H2,1-3H3. The van der Waals surface area contributed by atoms with Gasteiger partial charge in [-0.3, -0.25) is 26.7 Å². The highest BCUT2D eigenvalue weighted by molar-refractivity contribution is 4.93. The Morgan fingerprint density at radius 2 is 1.88 bits per heavy atom. The predicted octanol–water partition coefficient (Wildman–Crippen LogP) is 1.33. The van der Waals surface area contributed by atoms with Crippen LogP contribution in [-0.2, 0) is 0 Å². The number of hydrogen-bond donors (Lipinski definition) is 5. The SMILES string of the molecule is CCCNC1NC(NCC2CCCCC2)N2NCC(C(C)C)C2N1. The van der Waals surface area contributed by atoms with Gasteiger partial charge in [-0.15, -0.1) is 0 Å². The average molecular weight is 339 g/mol. The number of rotatable bonds is 7. The van der Waals surface area contributed by atoms with Gasteiger partial charge in [-0.05, 0) is 37.6 Å². The molecule has 5 N–H and O–H groups in total. The molecule has 3 aliphatic rings. The second-order valence-electron chi connectivity index (χ2n) is 8.16. The Morgan fingerprint density at radius 3 is 2.58 bits per heavy atom. The van der Waals surface area contributed by atoms with Crippen LogP contribution in [0.25, 0.3) is 0 Å². The van der Waals surface area contributed by atoms with Gasteiger partial charge in [-0.25, -0.2) is 0 Å². The van der Waals surface area contributed by atoms with Gasteiger partial charge in [-0.1, -0.05) is 40.0 Å². The molecule has 0 bridgehead atoms. The van der Waals surface area contributed by atoms with Crippen molar-refractivity contribution in [1.82, 2.24) is 31.7 Å². The van der Waals surface area contributed by atoms with Crippen LogP contribution in [0.5, 0.6) is 0 Å². The smallest absolute Gasteiger partial charge is 0.131 e. The van der Waals surface area contributed by atoms with Crippen molar-refractivity contribution in [2.24, 2.45) is 17.8 Å². The molecule has 4 atom stereocenters. The molecular formula is C18H38N6. The fourth-order valence-electron chi connectivity index (χ4n) is 4.37. The molecule has 1 saturated carbocycles. The van der Waals surface area contributed by atoms with Gasteiger partial charge in [0.1, 0.15) is 12.6 Å². The summed E-state index contributed by atoms with van der Waals surface area (Å²) in [6.07, 6.45) is 8.93. The maximum atomic E-state index is 3.80. The summed E-state index contributed by atoms with van der Waals surface area (Å²) < 4.78 is 0. The van der Waals surface area contributed by atoms with Gasteiger partial charge in [0.15, 0.2) is 0 Å². The molecule has 2 heterocycles. The van der Waals surface area contributed by atoms with E-state index < -0.39 is 0 Å². The summed E-state index contributed by atoms with van der Waals surface area (Å²) in [4.78, 5) is 0. The number of nitrogens with zero attached hydrogens (tertiary/aromatic N) is 1. The zero-order valence-electron chi connectivity index (χ0n) is 15.8. The highest BCUT2D eigenvalue weighted by Gasteiger charge is 2.44. The van der Waals surface area contributed by atoms with Crippen LogP contribution in [0.15, 0.2) is 0 Å². The van der Waals surface area contributed by atoms with Crippen LogP contribution < -0.4 is 26.7 Å². The van der Waals surface area contributed by atoms with Crippen molar-refractivity contribution in [3.63, 3.8) is 0 Å². The Morgan fingerprint density at radius 1 is 1.08 bits per heavy atom. The molecular weight excluding hydrogens is 300 g/mol. The third-order valence-electron chi connectivity index (χ3n) is 5.93. The van der Waals surface area contributed by atoms with Crippen LogP contribution in [0.1, 0.15) is 59.3 Å². The number of fused-ring (bicyclic) bond motifs is 1. The molecule has 0 spiro atoms. The largest absolute Gasteiger partial charge is 0.290 e. The third kappa shape index (κ3) is 4.48. The van der Waals surface area contributed by atoms with Crippen molar-refractivity contribution in [1.29, 1.82) is 0 Å². The fourth-order valence-corrected chi connectivity index (χ4v) is 4.37. The molecule has 0 aromatic heterocycles. The topological polar surface area (TPSA) is 63.4 Å². The van der Waals surface area contributed by atoms with Crippen LogP contribution in [0.3, 0.4) is 0 Å². The molecule has 6 heteroatoms. The van der Waals surface area contributed by atoms with E-state index in [1.807, 2.05) is 0 Å². The molecule has 140 valence electrons. The average Bonchev–Trinajstić information content (AvgIpc) is 3.03. The highest BCUT2D eigenvalue weighted by Crippen LogP contribution is 2.26. The van der Waals surface area contributed by atoms with Crippen molar-refractivity contribution in [3.8, 4) is 0 Å². The Kier molecular flexibility index (Phi) is 6.89. The summed E-state index contributed by atoms with van der Waals surface area (Å²) in [6.45, 7) is 10.1. The van der Waals surface area contributed by atoms with E-state index in [9.17, 15) is 0 Å². The van der Waals surface area contributed by atoms with Crippen LogP contribution >= 0.6 is 0 Å². The lowest BCUT2D eigenvalue weighted by atomic mass is 9.89. The summed E-state index contributed by atoms with van der Waals surface area (Å²) in [5.74, 6) is 2.15. The van der Waals surface area contributed by atoms with Gasteiger partial charge in [0.2, 0.25) is 0 Å². The molecule has 0 radical (unpaired) electrons. The number of hydrazine groups is 1. The second kappa shape index (κ2) is 8.92. The first-order valence-electron chi connectivity index (χ1n) is 10.2. The van der Waals surface area contributed by atoms with Gasteiger partial charge in [0, 0.05) is 19.0 Å². The molecule has 4 unspecified atom stereocenters. The van der Waals surface area contributed by atoms with E-state index in [0.717, 1.165) is 32.0 Å². The fraction of sp³-hybridized carbons (Fsp3) is 1.00. The van der Waals surface area contributed by atoms with Crippen molar-refractivity contribution >= 4 is 0 Å². The van der Waals surface area contributed by atoms with E-state index in [-0.39, 0.29) is 12.6 Å². The first-order valence-corrected chi connectivity index (χ1v) is 10.2. The van der Waals surface area contributed by atoms with E-state index >= 15 is 0 Å². The Bertz CT molecular complexity index is 371. The van der Waals surface area contributed by atoms with Crippen molar-refractivity contribution in [2.45, 2.75) is 78.0 Å². The van der Waals surface area contributed by atoms with Crippen LogP contribution in [0, 0.1) is 17.8 Å². The zero-order chi connectivity index (χ0) is 16.9. The summed E-state index contributed by atoms with van der Waals surface area (Å²) in [5.41, 5.74) is 3.62. The quantitative estimate of drug-likeness (QED) is 0.483. The van der Waals surface area contributed by atoms with E-state index in [1.54, 1.807) is 0 Å². The lowest BCUT2D eigenvalue weighted by molar-refractivity contribution is -0.0254. The molecule has 0 amide bonds. The minimum absolute atomic E-state index is 0.177. The molecule has 2 saturated heterocycles. The van der Waals surface area contributed by atoms with Gasteiger partial charge >= 0.3 is 0 Å². The van der Waals surface area contributed by atoms with Crippen molar-refractivity contribution in [3.05, 3.63) is 0 Å². The van der Waals surface area contributed by atoms with Crippen molar-refractivity contribution in [2.75, 3.05) is 19.6 Å². The maximum Gasteiger partial charge on any atom is 0.131 e. The Balaban J connectivity index is 1.59. The first-order chi connectivity index (χ1) is 11.7. The van der Waals surface area contributed by atoms with Gasteiger partial charge in [0.05, 0.1) is 6.17 Å². The molecule has 3 fully saturated rings. The summed E-state index contributed by atoms with van der Waals surface area (Å²) >= 11 is 0. The van der Waals surface area contributed by atoms with E-state index in [2.05, 4.69) is 52.5 Å². The Labute approximate surface area is 147 Å². The van der Waals surface area contributed by atoms with Crippen LogP contribution in [-0.4, -0.2) is 43.4 Å². The molecule has 0 aromatic rings. The lowest BCUT2D eigenvalue weighted by Gasteiger charge is -2.45. The van der Waals surface area contributed by atoms with Gasteiger partial charge in [-0.2, -0.15) is 5.01 Å². The molecule has 24 heavy (non-hydrogen) atoms. The van der Waals surface area contributed by atoms with E-state index in [0.29, 0.717) is 18.0 Å².